The number of hydrogen-bond donors (Lipinski definition) is 1. The minimum absolute atomic E-state index is 0.159. The third kappa shape index (κ3) is 4.54. The van der Waals surface area contributed by atoms with Gasteiger partial charge in [0.1, 0.15) is 21.6 Å². The number of nitrogens with zero attached hydrogens (tertiary/aromatic N) is 3. The average molecular weight is 412 g/mol. The molecule has 29 heavy (non-hydrogen) atoms. The van der Waals surface area contributed by atoms with Crippen LogP contribution in [0.25, 0.3) is 10.6 Å². The van der Waals surface area contributed by atoms with E-state index in [4.69, 9.17) is 4.74 Å². The second kappa shape index (κ2) is 8.57. The number of carbonyl (C=O) groups is 1. The van der Waals surface area contributed by atoms with Crippen molar-refractivity contribution < 1.29 is 13.9 Å². The molecule has 1 aliphatic rings. The molecule has 150 valence electrons. The highest BCUT2D eigenvalue weighted by molar-refractivity contribution is 7.14. The SMILES string of the molecule is COc1ccc(-c2nnc(C3CCCN(C(=O)Nc4ccc(F)cc4)C3)s2)cc1. The van der Waals surface area contributed by atoms with Crippen molar-refractivity contribution in [3.05, 3.63) is 59.4 Å². The van der Waals surface area contributed by atoms with Crippen molar-refractivity contribution in [3.8, 4) is 16.3 Å². The third-order valence-electron chi connectivity index (χ3n) is 4.93. The highest BCUT2D eigenvalue weighted by Crippen LogP contribution is 2.33. The van der Waals surface area contributed by atoms with Crippen LogP contribution in [0.5, 0.6) is 5.75 Å². The minimum atomic E-state index is -0.329. The number of likely N-dealkylation sites (tertiary alicyclic amines) is 1. The van der Waals surface area contributed by atoms with E-state index in [0.717, 1.165) is 34.2 Å². The second-order valence-electron chi connectivity index (χ2n) is 6.90. The number of hydrogen-bond acceptors (Lipinski definition) is 5. The zero-order valence-electron chi connectivity index (χ0n) is 16.0. The van der Waals surface area contributed by atoms with Gasteiger partial charge in [-0.2, -0.15) is 0 Å². The van der Waals surface area contributed by atoms with E-state index in [0.29, 0.717) is 18.8 Å². The number of carbonyl (C=O) groups excluding carboxylic acids is 1. The first-order valence-corrected chi connectivity index (χ1v) is 10.2. The van der Waals surface area contributed by atoms with E-state index in [9.17, 15) is 9.18 Å². The molecule has 1 unspecified atom stereocenters. The lowest BCUT2D eigenvalue weighted by Crippen LogP contribution is -2.41. The van der Waals surface area contributed by atoms with Gasteiger partial charge in [-0.15, -0.1) is 10.2 Å². The maximum Gasteiger partial charge on any atom is 0.321 e. The maximum atomic E-state index is 13.0. The molecular weight excluding hydrogens is 391 g/mol. The van der Waals surface area contributed by atoms with Crippen LogP contribution >= 0.6 is 11.3 Å². The molecule has 6 nitrogen and oxygen atoms in total. The van der Waals surface area contributed by atoms with Crippen molar-refractivity contribution in [1.29, 1.82) is 0 Å². The van der Waals surface area contributed by atoms with Gasteiger partial charge in [0, 0.05) is 30.3 Å². The predicted molar refractivity (Wildman–Crippen MR) is 111 cm³/mol. The van der Waals surface area contributed by atoms with Crippen LogP contribution in [0.3, 0.4) is 0 Å². The van der Waals surface area contributed by atoms with E-state index in [-0.39, 0.29) is 17.8 Å². The number of halogens is 1. The first kappa shape index (κ1) is 19.3. The van der Waals surface area contributed by atoms with Crippen LogP contribution in [0.15, 0.2) is 48.5 Å². The van der Waals surface area contributed by atoms with Gasteiger partial charge in [-0.05, 0) is 61.4 Å². The molecule has 2 aromatic carbocycles. The number of piperidine rings is 1. The van der Waals surface area contributed by atoms with E-state index < -0.39 is 0 Å². The zero-order chi connectivity index (χ0) is 20.2. The van der Waals surface area contributed by atoms with Crippen LogP contribution in [0.2, 0.25) is 0 Å². The Labute approximate surface area is 172 Å². The summed E-state index contributed by atoms with van der Waals surface area (Å²) in [4.78, 5) is 14.4. The molecule has 2 heterocycles. The molecule has 1 N–H and O–H groups in total. The van der Waals surface area contributed by atoms with Crippen molar-refractivity contribution in [2.24, 2.45) is 0 Å². The highest BCUT2D eigenvalue weighted by Gasteiger charge is 2.27. The molecule has 1 aromatic heterocycles. The summed E-state index contributed by atoms with van der Waals surface area (Å²) in [5, 5.41) is 13.3. The zero-order valence-corrected chi connectivity index (χ0v) is 16.8. The van der Waals surface area contributed by atoms with Crippen LogP contribution in [0.1, 0.15) is 23.8 Å². The van der Waals surface area contributed by atoms with Gasteiger partial charge in [-0.25, -0.2) is 9.18 Å². The standard InChI is InChI=1S/C21H21FN4O2S/c1-28-18-10-4-14(5-11-18)19-24-25-20(29-19)15-3-2-12-26(13-15)21(27)23-17-8-6-16(22)7-9-17/h4-11,15H,2-3,12-13H2,1H3,(H,23,27). The van der Waals surface area contributed by atoms with Crippen LogP contribution in [-0.2, 0) is 0 Å². The van der Waals surface area contributed by atoms with Crippen LogP contribution in [0.4, 0.5) is 14.9 Å². The van der Waals surface area contributed by atoms with Crippen molar-refractivity contribution in [2.45, 2.75) is 18.8 Å². The van der Waals surface area contributed by atoms with E-state index >= 15 is 0 Å². The number of ether oxygens (including phenoxy) is 1. The molecule has 0 bridgehead atoms. The van der Waals surface area contributed by atoms with Crippen molar-refractivity contribution in [1.82, 2.24) is 15.1 Å². The fourth-order valence-corrected chi connectivity index (χ4v) is 4.32. The molecular formula is C21H21FN4O2S. The Morgan fingerprint density at radius 3 is 2.66 bits per heavy atom. The molecule has 1 fully saturated rings. The Morgan fingerprint density at radius 1 is 1.17 bits per heavy atom. The molecule has 1 saturated heterocycles. The maximum absolute atomic E-state index is 13.0. The van der Waals surface area contributed by atoms with Gasteiger partial charge in [0.15, 0.2) is 0 Å². The molecule has 8 heteroatoms. The quantitative estimate of drug-likeness (QED) is 0.671. The number of amides is 2. The number of methoxy groups -OCH3 is 1. The van der Waals surface area contributed by atoms with Crippen molar-refractivity contribution >= 4 is 23.1 Å². The minimum Gasteiger partial charge on any atom is -0.497 e. The van der Waals surface area contributed by atoms with Gasteiger partial charge in [0.25, 0.3) is 0 Å². The topological polar surface area (TPSA) is 67.4 Å². The Morgan fingerprint density at radius 2 is 1.93 bits per heavy atom. The van der Waals surface area contributed by atoms with Gasteiger partial charge in [0.05, 0.1) is 7.11 Å². The van der Waals surface area contributed by atoms with E-state index in [1.807, 2.05) is 24.3 Å². The largest absolute Gasteiger partial charge is 0.497 e. The van der Waals surface area contributed by atoms with E-state index in [2.05, 4.69) is 15.5 Å². The lowest BCUT2D eigenvalue weighted by atomic mass is 9.99. The fourth-order valence-electron chi connectivity index (χ4n) is 3.35. The number of benzene rings is 2. The fraction of sp³-hybridized carbons (Fsp3) is 0.286. The second-order valence-corrected chi connectivity index (χ2v) is 7.91. The summed E-state index contributed by atoms with van der Waals surface area (Å²) >= 11 is 1.56. The average Bonchev–Trinajstić information content (AvgIpc) is 3.26. The first-order valence-electron chi connectivity index (χ1n) is 9.41. The van der Waals surface area contributed by atoms with Crippen LogP contribution in [-0.4, -0.2) is 41.3 Å². The smallest absolute Gasteiger partial charge is 0.321 e. The summed E-state index contributed by atoms with van der Waals surface area (Å²) in [5.41, 5.74) is 1.58. The van der Waals surface area contributed by atoms with E-state index in [1.165, 1.54) is 12.1 Å². The third-order valence-corrected chi connectivity index (χ3v) is 6.07. The molecule has 2 amide bonds. The van der Waals surface area contributed by atoms with Gasteiger partial charge in [0.2, 0.25) is 0 Å². The molecule has 0 saturated carbocycles. The molecule has 4 rings (SSSR count). The summed E-state index contributed by atoms with van der Waals surface area (Å²) in [6, 6.07) is 13.3. The summed E-state index contributed by atoms with van der Waals surface area (Å²) in [5.74, 6) is 0.630. The Bertz CT molecular complexity index is 975. The summed E-state index contributed by atoms with van der Waals surface area (Å²) in [7, 11) is 1.64. The van der Waals surface area contributed by atoms with Crippen molar-refractivity contribution in [3.63, 3.8) is 0 Å². The molecule has 1 atom stereocenters. The monoisotopic (exact) mass is 412 g/mol. The molecule has 0 spiro atoms. The molecule has 3 aromatic rings. The normalized spacial score (nSPS) is 16.5. The summed E-state index contributed by atoms with van der Waals surface area (Å²) in [6.07, 6.45) is 1.87. The van der Waals surface area contributed by atoms with Gasteiger partial charge < -0.3 is 15.0 Å². The van der Waals surface area contributed by atoms with Gasteiger partial charge in [-0.1, -0.05) is 11.3 Å². The summed E-state index contributed by atoms with van der Waals surface area (Å²) < 4.78 is 18.2. The Kier molecular flexibility index (Phi) is 5.71. The lowest BCUT2D eigenvalue weighted by molar-refractivity contribution is 0.192. The predicted octanol–water partition coefficient (Wildman–Crippen LogP) is 4.76. The number of anilines is 1. The Balaban J connectivity index is 1.42. The van der Waals surface area contributed by atoms with Gasteiger partial charge >= 0.3 is 6.03 Å². The summed E-state index contributed by atoms with van der Waals surface area (Å²) in [6.45, 7) is 1.28. The number of nitrogens with one attached hydrogen (secondary N) is 1. The van der Waals surface area contributed by atoms with E-state index in [1.54, 1.807) is 35.5 Å². The van der Waals surface area contributed by atoms with Gasteiger partial charge in [-0.3, -0.25) is 0 Å². The molecule has 0 radical (unpaired) electrons. The Hall–Kier alpha value is -3.00. The number of rotatable bonds is 4. The number of urea groups is 1. The molecule has 1 aliphatic heterocycles. The van der Waals surface area contributed by atoms with Crippen molar-refractivity contribution in [2.75, 3.05) is 25.5 Å². The lowest BCUT2D eigenvalue weighted by Gasteiger charge is -2.31. The van der Waals surface area contributed by atoms with Crippen LogP contribution < -0.4 is 10.1 Å². The first-order chi connectivity index (χ1) is 14.1. The highest BCUT2D eigenvalue weighted by atomic mass is 32.1. The molecule has 0 aliphatic carbocycles. The number of aromatic nitrogens is 2. The van der Waals surface area contributed by atoms with Crippen LogP contribution in [0, 0.1) is 5.82 Å².